The number of hydrogen-bond donors (Lipinski definition) is 0. The first-order chi connectivity index (χ1) is 7.19. The van der Waals surface area contributed by atoms with Gasteiger partial charge in [0.25, 0.3) is 0 Å². The second kappa shape index (κ2) is 5.84. The molecule has 0 spiro atoms. The fourth-order valence-corrected chi connectivity index (χ4v) is 1.72. The highest BCUT2D eigenvalue weighted by Gasteiger charge is 2.08. The van der Waals surface area contributed by atoms with Crippen LogP contribution < -0.4 is 0 Å². The van der Waals surface area contributed by atoms with Crippen LogP contribution in [0.15, 0.2) is 12.1 Å². The largest absolute Gasteiger partial charge is 0.207 e. The summed E-state index contributed by atoms with van der Waals surface area (Å²) in [4.78, 5) is 0. The number of rotatable bonds is 5. The average Bonchev–Trinajstić information content (AvgIpc) is 2.18. The SMILES string of the molecule is CCCCCc1cc(F)c(CC)c(F)c1. The minimum Gasteiger partial charge on any atom is -0.207 e. The molecule has 0 N–H and O–H groups in total. The number of unbranched alkanes of at least 4 members (excludes halogenated alkanes) is 2. The number of hydrogen-bond acceptors (Lipinski definition) is 0. The summed E-state index contributed by atoms with van der Waals surface area (Å²) in [5.74, 6) is -0.798. The summed E-state index contributed by atoms with van der Waals surface area (Å²) >= 11 is 0. The summed E-state index contributed by atoms with van der Waals surface area (Å²) in [5.41, 5.74) is 0.977. The van der Waals surface area contributed by atoms with Crippen molar-refractivity contribution in [1.82, 2.24) is 0 Å². The lowest BCUT2D eigenvalue weighted by atomic mass is 10.0. The highest BCUT2D eigenvalue weighted by atomic mass is 19.1. The molecular weight excluding hydrogens is 194 g/mol. The van der Waals surface area contributed by atoms with Gasteiger partial charge in [0.2, 0.25) is 0 Å². The molecule has 1 aromatic carbocycles. The van der Waals surface area contributed by atoms with E-state index >= 15 is 0 Å². The van der Waals surface area contributed by atoms with Crippen LogP contribution in [0.4, 0.5) is 8.78 Å². The third kappa shape index (κ3) is 3.29. The minimum atomic E-state index is -0.399. The van der Waals surface area contributed by atoms with E-state index in [2.05, 4.69) is 6.92 Å². The van der Waals surface area contributed by atoms with E-state index in [0.717, 1.165) is 31.2 Å². The van der Waals surface area contributed by atoms with E-state index in [4.69, 9.17) is 0 Å². The quantitative estimate of drug-likeness (QED) is 0.640. The molecule has 0 fully saturated rings. The Morgan fingerprint density at radius 3 is 2.07 bits per heavy atom. The van der Waals surface area contributed by atoms with Gasteiger partial charge in [-0.15, -0.1) is 0 Å². The molecule has 2 heteroatoms. The van der Waals surface area contributed by atoms with Gasteiger partial charge in [-0.1, -0.05) is 26.7 Å². The molecule has 0 nitrogen and oxygen atoms in total. The van der Waals surface area contributed by atoms with Gasteiger partial charge in [-0.25, -0.2) is 8.78 Å². The number of aryl methyl sites for hydroxylation is 1. The van der Waals surface area contributed by atoms with Gasteiger partial charge in [-0.3, -0.25) is 0 Å². The molecule has 0 aliphatic rings. The highest BCUT2D eigenvalue weighted by molar-refractivity contribution is 5.26. The van der Waals surface area contributed by atoms with Crippen molar-refractivity contribution in [3.05, 3.63) is 34.9 Å². The summed E-state index contributed by atoms with van der Waals surface area (Å²) in [6.07, 6.45) is 4.41. The molecular formula is C13H18F2. The van der Waals surface area contributed by atoms with Gasteiger partial charge in [0, 0.05) is 5.56 Å². The normalized spacial score (nSPS) is 10.7. The van der Waals surface area contributed by atoms with Crippen LogP contribution in [0.2, 0.25) is 0 Å². The highest BCUT2D eigenvalue weighted by Crippen LogP contribution is 2.17. The third-order valence-corrected chi connectivity index (χ3v) is 2.62. The Morgan fingerprint density at radius 1 is 1.00 bits per heavy atom. The van der Waals surface area contributed by atoms with E-state index in [0.29, 0.717) is 6.42 Å². The van der Waals surface area contributed by atoms with Crippen molar-refractivity contribution in [2.45, 2.75) is 46.0 Å². The lowest BCUT2D eigenvalue weighted by Gasteiger charge is -2.06. The predicted octanol–water partition coefficient (Wildman–Crippen LogP) is 4.26. The monoisotopic (exact) mass is 212 g/mol. The average molecular weight is 212 g/mol. The second-order valence-electron chi connectivity index (χ2n) is 3.85. The zero-order chi connectivity index (χ0) is 11.3. The van der Waals surface area contributed by atoms with Crippen molar-refractivity contribution >= 4 is 0 Å². The van der Waals surface area contributed by atoms with E-state index < -0.39 is 11.6 Å². The van der Waals surface area contributed by atoms with Crippen molar-refractivity contribution in [3.63, 3.8) is 0 Å². The molecule has 0 saturated carbocycles. The Labute approximate surface area is 90.3 Å². The van der Waals surface area contributed by atoms with Gasteiger partial charge in [-0.2, -0.15) is 0 Å². The van der Waals surface area contributed by atoms with Crippen LogP contribution in [-0.2, 0) is 12.8 Å². The summed E-state index contributed by atoms with van der Waals surface area (Å²) in [7, 11) is 0. The van der Waals surface area contributed by atoms with Gasteiger partial charge in [0.05, 0.1) is 0 Å². The molecule has 0 amide bonds. The fourth-order valence-electron chi connectivity index (χ4n) is 1.72. The molecule has 15 heavy (non-hydrogen) atoms. The standard InChI is InChI=1S/C13H18F2/c1-3-5-6-7-10-8-12(14)11(4-2)13(15)9-10/h8-9H,3-7H2,1-2H3. The zero-order valence-corrected chi connectivity index (χ0v) is 9.45. The Morgan fingerprint density at radius 2 is 1.60 bits per heavy atom. The fraction of sp³-hybridized carbons (Fsp3) is 0.538. The van der Waals surface area contributed by atoms with Crippen LogP contribution in [-0.4, -0.2) is 0 Å². The smallest absolute Gasteiger partial charge is 0.129 e. The molecule has 84 valence electrons. The topological polar surface area (TPSA) is 0 Å². The molecule has 0 aliphatic heterocycles. The van der Waals surface area contributed by atoms with Gasteiger partial charge in [0.1, 0.15) is 11.6 Å². The first-order valence-corrected chi connectivity index (χ1v) is 5.65. The minimum absolute atomic E-state index is 0.203. The van der Waals surface area contributed by atoms with Gasteiger partial charge in [-0.05, 0) is 37.0 Å². The lowest BCUT2D eigenvalue weighted by molar-refractivity contribution is 0.554. The van der Waals surface area contributed by atoms with Crippen molar-refractivity contribution in [2.75, 3.05) is 0 Å². The summed E-state index contributed by atoms with van der Waals surface area (Å²) in [5, 5.41) is 0. The molecule has 0 aromatic heterocycles. The van der Waals surface area contributed by atoms with Crippen LogP contribution in [0.3, 0.4) is 0 Å². The Kier molecular flexibility index (Phi) is 4.73. The number of halogens is 2. The molecule has 0 saturated heterocycles. The van der Waals surface area contributed by atoms with Gasteiger partial charge >= 0.3 is 0 Å². The predicted molar refractivity (Wildman–Crippen MR) is 59.0 cm³/mol. The molecule has 0 aliphatic carbocycles. The maximum Gasteiger partial charge on any atom is 0.129 e. The van der Waals surface area contributed by atoms with Crippen LogP contribution in [0.1, 0.15) is 44.2 Å². The van der Waals surface area contributed by atoms with Crippen molar-refractivity contribution < 1.29 is 8.78 Å². The molecule has 0 radical (unpaired) electrons. The van der Waals surface area contributed by atoms with E-state index in [1.165, 1.54) is 12.1 Å². The molecule has 0 bridgehead atoms. The van der Waals surface area contributed by atoms with Gasteiger partial charge < -0.3 is 0 Å². The van der Waals surface area contributed by atoms with Crippen LogP contribution in [0, 0.1) is 11.6 Å². The Bertz CT molecular complexity index is 295. The molecule has 0 atom stereocenters. The summed E-state index contributed by atoms with van der Waals surface area (Å²) in [6.45, 7) is 3.87. The zero-order valence-electron chi connectivity index (χ0n) is 9.45. The van der Waals surface area contributed by atoms with E-state index in [-0.39, 0.29) is 5.56 Å². The maximum absolute atomic E-state index is 13.4. The molecule has 1 rings (SSSR count). The van der Waals surface area contributed by atoms with E-state index in [9.17, 15) is 8.78 Å². The van der Waals surface area contributed by atoms with E-state index in [1.54, 1.807) is 6.92 Å². The van der Waals surface area contributed by atoms with Crippen LogP contribution in [0.25, 0.3) is 0 Å². The number of benzene rings is 1. The second-order valence-corrected chi connectivity index (χ2v) is 3.85. The van der Waals surface area contributed by atoms with Crippen LogP contribution >= 0.6 is 0 Å². The lowest BCUT2D eigenvalue weighted by Crippen LogP contribution is -1.97. The summed E-state index contributed by atoms with van der Waals surface area (Å²) in [6, 6.07) is 2.94. The maximum atomic E-state index is 13.4. The van der Waals surface area contributed by atoms with Crippen molar-refractivity contribution in [1.29, 1.82) is 0 Å². The third-order valence-electron chi connectivity index (χ3n) is 2.62. The van der Waals surface area contributed by atoms with Crippen molar-refractivity contribution in [3.8, 4) is 0 Å². The van der Waals surface area contributed by atoms with Crippen molar-refractivity contribution in [2.24, 2.45) is 0 Å². The first-order valence-electron chi connectivity index (χ1n) is 5.65. The Hall–Kier alpha value is -0.920. The summed E-state index contributed by atoms with van der Waals surface area (Å²) < 4.78 is 26.8. The molecule has 0 unspecified atom stereocenters. The van der Waals surface area contributed by atoms with Gasteiger partial charge in [0.15, 0.2) is 0 Å². The Balaban J connectivity index is 2.75. The molecule has 1 aromatic rings. The van der Waals surface area contributed by atoms with E-state index in [1.807, 2.05) is 0 Å². The first kappa shape index (κ1) is 12.2. The van der Waals surface area contributed by atoms with Crippen LogP contribution in [0.5, 0.6) is 0 Å². The molecule has 0 heterocycles.